The molecule has 2 N–H and O–H groups in total. The summed E-state index contributed by atoms with van der Waals surface area (Å²) in [6.07, 6.45) is 2.49. The number of carbonyl (C=O) groups is 1. The van der Waals surface area contributed by atoms with Crippen molar-refractivity contribution in [3.63, 3.8) is 0 Å². The van der Waals surface area contributed by atoms with Gasteiger partial charge in [-0.1, -0.05) is 17.7 Å². The number of hydrogen-bond donors (Lipinski definition) is 2. The van der Waals surface area contributed by atoms with Crippen LogP contribution in [0.1, 0.15) is 38.7 Å². The molecule has 0 aromatic heterocycles. The van der Waals surface area contributed by atoms with E-state index in [1.165, 1.54) is 0 Å². The number of aryl methyl sites for hydroxylation is 1. The van der Waals surface area contributed by atoms with Gasteiger partial charge in [0.05, 0.1) is 12.1 Å². The van der Waals surface area contributed by atoms with Crippen molar-refractivity contribution in [3.8, 4) is 0 Å². The second kappa shape index (κ2) is 7.44. The van der Waals surface area contributed by atoms with Crippen LogP contribution in [-0.4, -0.2) is 40.6 Å². The summed E-state index contributed by atoms with van der Waals surface area (Å²) in [4.78, 5) is 14.7. The van der Waals surface area contributed by atoms with Crippen LogP contribution in [0.5, 0.6) is 0 Å². The maximum Gasteiger partial charge on any atom is 0.241 e. The van der Waals surface area contributed by atoms with Gasteiger partial charge in [0.15, 0.2) is 0 Å². The Balaban J connectivity index is 2.03. The van der Waals surface area contributed by atoms with E-state index in [0.29, 0.717) is 11.4 Å². The number of carbonyl (C=O) groups excluding carboxylic acids is 1. The van der Waals surface area contributed by atoms with Gasteiger partial charge in [-0.05, 0) is 64.3 Å². The highest BCUT2D eigenvalue weighted by Crippen LogP contribution is 2.25. The van der Waals surface area contributed by atoms with E-state index in [4.69, 9.17) is 11.6 Å². The zero-order valence-corrected chi connectivity index (χ0v) is 14.2. The summed E-state index contributed by atoms with van der Waals surface area (Å²) in [6, 6.07) is 5.55. The molecule has 1 aromatic rings. The number of nitrogens with zero attached hydrogens (tertiary/aromatic N) is 1. The zero-order valence-electron chi connectivity index (χ0n) is 13.5. The van der Waals surface area contributed by atoms with Gasteiger partial charge < -0.3 is 10.4 Å². The summed E-state index contributed by atoms with van der Waals surface area (Å²) >= 11 is 6.00. The molecule has 1 saturated heterocycles. The van der Waals surface area contributed by atoms with Crippen molar-refractivity contribution in [1.29, 1.82) is 0 Å². The lowest BCUT2D eigenvalue weighted by Gasteiger charge is -2.30. The predicted octanol–water partition coefficient (Wildman–Crippen LogP) is 3.21. The minimum atomic E-state index is -0.337. The minimum absolute atomic E-state index is 0.0251. The Morgan fingerprint density at radius 1 is 1.50 bits per heavy atom. The highest BCUT2D eigenvalue weighted by Gasteiger charge is 2.32. The van der Waals surface area contributed by atoms with Crippen molar-refractivity contribution in [2.45, 2.75) is 58.2 Å². The van der Waals surface area contributed by atoms with Crippen molar-refractivity contribution < 1.29 is 9.90 Å². The number of aliphatic hydroxyl groups is 1. The van der Waals surface area contributed by atoms with E-state index >= 15 is 0 Å². The molecule has 3 atom stereocenters. The fraction of sp³-hybridized carbons (Fsp3) is 0.588. The van der Waals surface area contributed by atoms with Crippen molar-refractivity contribution in [2.75, 3.05) is 11.9 Å². The average Bonchev–Trinajstić information content (AvgIpc) is 2.89. The van der Waals surface area contributed by atoms with Gasteiger partial charge in [-0.3, -0.25) is 9.69 Å². The SMILES string of the molecule is Cc1ccc(Cl)cc1NC(=O)C(C)N1CCCC1CC(C)O. The summed E-state index contributed by atoms with van der Waals surface area (Å²) < 4.78 is 0. The quantitative estimate of drug-likeness (QED) is 0.874. The summed E-state index contributed by atoms with van der Waals surface area (Å²) in [6.45, 7) is 6.58. The molecule has 0 saturated carbocycles. The third kappa shape index (κ3) is 4.22. The Labute approximate surface area is 137 Å². The second-order valence-electron chi connectivity index (χ2n) is 6.24. The second-order valence-corrected chi connectivity index (χ2v) is 6.68. The Hall–Kier alpha value is -1.10. The van der Waals surface area contributed by atoms with Gasteiger partial charge in [0.25, 0.3) is 0 Å². The molecule has 1 amide bonds. The molecule has 1 heterocycles. The highest BCUT2D eigenvalue weighted by molar-refractivity contribution is 6.31. The summed E-state index contributed by atoms with van der Waals surface area (Å²) in [5.41, 5.74) is 1.75. The minimum Gasteiger partial charge on any atom is -0.393 e. The third-order valence-electron chi connectivity index (χ3n) is 4.37. The number of halogens is 1. The fourth-order valence-corrected chi connectivity index (χ4v) is 3.30. The molecule has 0 spiro atoms. The van der Waals surface area contributed by atoms with Gasteiger partial charge in [0.2, 0.25) is 5.91 Å². The number of hydrogen-bond acceptors (Lipinski definition) is 3. The van der Waals surface area contributed by atoms with Crippen LogP contribution in [0.4, 0.5) is 5.69 Å². The standard InChI is InChI=1S/C17H25ClN2O2/c1-11-6-7-14(18)10-16(11)19-17(22)13(3)20-8-4-5-15(20)9-12(2)21/h6-7,10,12-13,15,21H,4-5,8-9H2,1-3H3,(H,19,22). The zero-order chi connectivity index (χ0) is 16.3. The molecule has 3 unspecified atom stereocenters. The predicted molar refractivity (Wildman–Crippen MR) is 90.3 cm³/mol. The number of rotatable bonds is 5. The largest absolute Gasteiger partial charge is 0.393 e. The van der Waals surface area contributed by atoms with E-state index in [2.05, 4.69) is 10.2 Å². The van der Waals surface area contributed by atoms with Crippen molar-refractivity contribution >= 4 is 23.2 Å². The van der Waals surface area contributed by atoms with E-state index in [1.54, 1.807) is 13.0 Å². The summed E-state index contributed by atoms with van der Waals surface area (Å²) in [5, 5.41) is 13.2. The third-order valence-corrected chi connectivity index (χ3v) is 4.61. The molecule has 0 bridgehead atoms. The van der Waals surface area contributed by atoms with Crippen LogP contribution in [0.2, 0.25) is 5.02 Å². The van der Waals surface area contributed by atoms with Crippen molar-refractivity contribution in [3.05, 3.63) is 28.8 Å². The fourth-order valence-electron chi connectivity index (χ4n) is 3.13. The average molecular weight is 325 g/mol. The first kappa shape index (κ1) is 17.3. The van der Waals surface area contributed by atoms with Crippen molar-refractivity contribution in [1.82, 2.24) is 4.90 Å². The van der Waals surface area contributed by atoms with Crippen LogP contribution in [-0.2, 0) is 4.79 Å². The number of likely N-dealkylation sites (tertiary alicyclic amines) is 1. The molecule has 0 aliphatic carbocycles. The monoisotopic (exact) mass is 324 g/mol. The molecule has 1 aromatic carbocycles. The van der Waals surface area contributed by atoms with Crippen LogP contribution >= 0.6 is 11.6 Å². The molecule has 22 heavy (non-hydrogen) atoms. The summed E-state index contributed by atoms with van der Waals surface area (Å²) in [7, 11) is 0. The van der Waals surface area contributed by atoms with Gasteiger partial charge >= 0.3 is 0 Å². The van der Waals surface area contributed by atoms with Crippen LogP contribution in [0.15, 0.2) is 18.2 Å². The van der Waals surface area contributed by atoms with E-state index < -0.39 is 0 Å². The molecule has 1 fully saturated rings. The van der Waals surface area contributed by atoms with E-state index in [9.17, 15) is 9.90 Å². The van der Waals surface area contributed by atoms with E-state index in [1.807, 2.05) is 26.0 Å². The smallest absolute Gasteiger partial charge is 0.241 e. The van der Waals surface area contributed by atoms with Gasteiger partial charge in [-0.25, -0.2) is 0 Å². The number of aliphatic hydroxyl groups excluding tert-OH is 1. The number of anilines is 1. The first-order valence-corrected chi connectivity index (χ1v) is 8.27. The molecule has 4 nitrogen and oxygen atoms in total. The number of benzene rings is 1. The Morgan fingerprint density at radius 2 is 2.23 bits per heavy atom. The molecular weight excluding hydrogens is 300 g/mol. The van der Waals surface area contributed by atoms with Crippen molar-refractivity contribution in [2.24, 2.45) is 0 Å². The lowest BCUT2D eigenvalue weighted by Crippen LogP contribution is -2.45. The molecule has 1 aliphatic rings. The molecule has 0 radical (unpaired) electrons. The molecule has 2 rings (SSSR count). The first-order valence-electron chi connectivity index (χ1n) is 7.89. The highest BCUT2D eigenvalue weighted by atomic mass is 35.5. The Morgan fingerprint density at radius 3 is 2.91 bits per heavy atom. The molecule has 122 valence electrons. The van der Waals surface area contributed by atoms with Crippen LogP contribution in [0, 0.1) is 6.92 Å². The summed E-state index contributed by atoms with van der Waals surface area (Å²) in [5.74, 6) is -0.0251. The van der Waals surface area contributed by atoms with Crippen LogP contribution in [0.25, 0.3) is 0 Å². The first-order chi connectivity index (χ1) is 10.4. The normalized spacial score (nSPS) is 21.6. The lowest BCUT2D eigenvalue weighted by atomic mass is 10.1. The van der Waals surface area contributed by atoms with Gasteiger partial charge in [0, 0.05) is 16.8 Å². The number of nitrogens with one attached hydrogen (secondary N) is 1. The molecule has 5 heteroatoms. The van der Waals surface area contributed by atoms with Gasteiger partial charge in [-0.15, -0.1) is 0 Å². The maximum atomic E-state index is 12.5. The van der Waals surface area contributed by atoms with E-state index in [0.717, 1.165) is 30.6 Å². The Bertz CT molecular complexity index is 533. The topological polar surface area (TPSA) is 52.6 Å². The Kier molecular flexibility index (Phi) is 5.84. The molecule has 1 aliphatic heterocycles. The van der Waals surface area contributed by atoms with E-state index in [-0.39, 0.29) is 24.1 Å². The van der Waals surface area contributed by atoms with Gasteiger partial charge in [0.1, 0.15) is 0 Å². The van der Waals surface area contributed by atoms with Crippen LogP contribution in [0.3, 0.4) is 0 Å². The molecular formula is C17H25ClN2O2. The maximum absolute atomic E-state index is 12.5. The number of amides is 1. The lowest BCUT2D eigenvalue weighted by molar-refractivity contribution is -0.121. The van der Waals surface area contributed by atoms with Crippen LogP contribution < -0.4 is 5.32 Å². The van der Waals surface area contributed by atoms with Gasteiger partial charge in [-0.2, -0.15) is 0 Å².